The Bertz CT molecular complexity index is 740. The molecule has 2 heterocycles. The molecule has 0 amide bonds. The maximum absolute atomic E-state index is 11.7. The van der Waals surface area contributed by atoms with Gasteiger partial charge in [0.2, 0.25) is 0 Å². The molecule has 106 valence electrons. The standard InChI is InChI=1S/C16H18O4/c1-9-7-13(17)19-15-10-5-6-16(2,3)20-11(10)8-12(18-4)14(9)15/h7-8H,5-6H2,1-4H3. The minimum atomic E-state index is -0.338. The highest BCUT2D eigenvalue weighted by atomic mass is 16.5. The van der Waals surface area contributed by atoms with Crippen LogP contribution in [0.25, 0.3) is 11.0 Å². The Balaban J connectivity index is 2.38. The van der Waals surface area contributed by atoms with Crippen LogP contribution < -0.4 is 15.1 Å². The Morgan fingerprint density at radius 3 is 2.75 bits per heavy atom. The first-order valence-electron chi connectivity index (χ1n) is 6.74. The van der Waals surface area contributed by atoms with Crippen LogP contribution in [-0.4, -0.2) is 12.7 Å². The van der Waals surface area contributed by atoms with E-state index in [0.29, 0.717) is 11.3 Å². The lowest BCUT2D eigenvalue weighted by Crippen LogP contribution is -2.32. The van der Waals surface area contributed by atoms with Gasteiger partial charge in [0.1, 0.15) is 22.7 Å². The highest BCUT2D eigenvalue weighted by Crippen LogP contribution is 2.42. The monoisotopic (exact) mass is 274 g/mol. The van der Waals surface area contributed by atoms with Crippen LogP contribution in [0.2, 0.25) is 0 Å². The fourth-order valence-corrected chi connectivity index (χ4v) is 2.78. The second-order valence-corrected chi connectivity index (χ2v) is 5.87. The van der Waals surface area contributed by atoms with Gasteiger partial charge in [-0.05, 0) is 39.2 Å². The minimum Gasteiger partial charge on any atom is -0.496 e. The van der Waals surface area contributed by atoms with Crippen molar-refractivity contribution in [1.82, 2.24) is 0 Å². The van der Waals surface area contributed by atoms with Crippen molar-refractivity contribution in [2.75, 3.05) is 7.11 Å². The molecule has 0 saturated heterocycles. The van der Waals surface area contributed by atoms with Crippen LogP contribution in [0.3, 0.4) is 0 Å². The van der Waals surface area contributed by atoms with Gasteiger partial charge in [-0.15, -0.1) is 0 Å². The number of benzene rings is 1. The number of hydrogen-bond acceptors (Lipinski definition) is 4. The van der Waals surface area contributed by atoms with E-state index in [1.54, 1.807) is 7.11 Å². The second-order valence-electron chi connectivity index (χ2n) is 5.87. The van der Waals surface area contributed by atoms with Gasteiger partial charge >= 0.3 is 5.63 Å². The summed E-state index contributed by atoms with van der Waals surface area (Å²) in [4.78, 5) is 11.7. The molecule has 0 bridgehead atoms. The number of fused-ring (bicyclic) bond motifs is 3. The maximum Gasteiger partial charge on any atom is 0.336 e. The molecule has 0 unspecified atom stereocenters. The van der Waals surface area contributed by atoms with Crippen LogP contribution in [0.15, 0.2) is 21.3 Å². The van der Waals surface area contributed by atoms with Gasteiger partial charge in [-0.2, -0.15) is 0 Å². The van der Waals surface area contributed by atoms with E-state index in [0.717, 1.165) is 35.1 Å². The number of methoxy groups -OCH3 is 1. The largest absolute Gasteiger partial charge is 0.496 e. The van der Waals surface area contributed by atoms with Crippen LogP contribution in [-0.2, 0) is 6.42 Å². The Kier molecular flexibility index (Phi) is 2.78. The molecule has 4 nitrogen and oxygen atoms in total. The lowest BCUT2D eigenvalue weighted by atomic mass is 9.92. The van der Waals surface area contributed by atoms with Crippen molar-refractivity contribution in [3.05, 3.63) is 33.7 Å². The van der Waals surface area contributed by atoms with Gasteiger partial charge in [-0.25, -0.2) is 4.79 Å². The maximum atomic E-state index is 11.7. The lowest BCUT2D eigenvalue weighted by molar-refractivity contribution is 0.0845. The van der Waals surface area contributed by atoms with E-state index in [2.05, 4.69) is 13.8 Å². The molecule has 20 heavy (non-hydrogen) atoms. The van der Waals surface area contributed by atoms with Crippen molar-refractivity contribution in [1.29, 1.82) is 0 Å². The van der Waals surface area contributed by atoms with Crippen molar-refractivity contribution < 1.29 is 13.9 Å². The number of hydrogen-bond donors (Lipinski definition) is 0. The number of rotatable bonds is 1. The quantitative estimate of drug-likeness (QED) is 0.749. The summed E-state index contributed by atoms with van der Waals surface area (Å²) < 4.78 is 16.9. The van der Waals surface area contributed by atoms with Crippen LogP contribution in [0, 0.1) is 6.92 Å². The third-order valence-corrected chi connectivity index (χ3v) is 3.82. The topological polar surface area (TPSA) is 48.7 Å². The summed E-state index contributed by atoms with van der Waals surface area (Å²) >= 11 is 0. The zero-order valence-electron chi connectivity index (χ0n) is 12.2. The smallest absolute Gasteiger partial charge is 0.336 e. The van der Waals surface area contributed by atoms with E-state index in [4.69, 9.17) is 13.9 Å². The van der Waals surface area contributed by atoms with Crippen molar-refractivity contribution in [3.8, 4) is 11.5 Å². The molecule has 3 rings (SSSR count). The van der Waals surface area contributed by atoms with Gasteiger partial charge in [0.25, 0.3) is 0 Å². The van der Waals surface area contributed by atoms with E-state index in [1.807, 2.05) is 13.0 Å². The third-order valence-electron chi connectivity index (χ3n) is 3.82. The van der Waals surface area contributed by atoms with E-state index in [-0.39, 0.29) is 11.2 Å². The molecule has 0 radical (unpaired) electrons. The molecular formula is C16H18O4. The van der Waals surface area contributed by atoms with Gasteiger partial charge in [0.05, 0.1) is 12.5 Å². The number of ether oxygens (including phenoxy) is 2. The molecule has 1 aromatic heterocycles. The minimum absolute atomic E-state index is 0.212. The van der Waals surface area contributed by atoms with Crippen molar-refractivity contribution in [2.45, 2.75) is 39.2 Å². The van der Waals surface area contributed by atoms with Gasteiger partial charge in [0, 0.05) is 17.7 Å². The summed E-state index contributed by atoms with van der Waals surface area (Å²) in [5.74, 6) is 1.43. The van der Waals surface area contributed by atoms with Gasteiger partial charge in [-0.1, -0.05) is 0 Å². The molecule has 1 aliphatic heterocycles. The Labute approximate surface area is 117 Å². The van der Waals surface area contributed by atoms with E-state index in [1.165, 1.54) is 6.07 Å². The van der Waals surface area contributed by atoms with E-state index in [9.17, 15) is 4.79 Å². The molecule has 0 fully saturated rings. The average molecular weight is 274 g/mol. The number of aryl methyl sites for hydroxylation is 2. The molecular weight excluding hydrogens is 256 g/mol. The van der Waals surface area contributed by atoms with Crippen molar-refractivity contribution in [2.24, 2.45) is 0 Å². The molecule has 0 spiro atoms. The summed E-state index contributed by atoms with van der Waals surface area (Å²) in [7, 11) is 1.61. The summed E-state index contributed by atoms with van der Waals surface area (Å²) in [5, 5.41) is 0.856. The van der Waals surface area contributed by atoms with Gasteiger partial charge < -0.3 is 13.9 Å². The van der Waals surface area contributed by atoms with Crippen LogP contribution in [0.4, 0.5) is 0 Å². The second kappa shape index (κ2) is 4.27. The molecule has 0 N–H and O–H groups in total. The summed E-state index contributed by atoms with van der Waals surface area (Å²) in [6.07, 6.45) is 1.72. The molecule has 1 aromatic carbocycles. The normalized spacial score (nSPS) is 16.6. The highest BCUT2D eigenvalue weighted by molar-refractivity contribution is 5.91. The fraction of sp³-hybridized carbons (Fsp3) is 0.438. The lowest BCUT2D eigenvalue weighted by Gasteiger charge is -2.33. The summed E-state index contributed by atoms with van der Waals surface area (Å²) in [6, 6.07) is 3.39. The summed E-state index contributed by atoms with van der Waals surface area (Å²) in [5.41, 5.74) is 1.87. The summed E-state index contributed by atoms with van der Waals surface area (Å²) in [6.45, 7) is 6.00. The fourth-order valence-electron chi connectivity index (χ4n) is 2.78. The van der Waals surface area contributed by atoms with Crippen molar-refractivity contribution in [3.63, 3.8) is 0 Å². The first kappa shape index (κ1) is 13.0. The molecule has 2 aromatic rings. The highest BCUT2D eigenvalue weighted by Gasteiger charge is 2.30. The van der Waals surface area contributed by atoms with Gasteiger partial charge in [0.15, 0.2) is 0 Å². The SMILES string of the molecule is COc1cc2c(c3oc(=O)cc(C)c13)CCC(C)(C)O2. The van der Waals surface area contributed by atoms with Crippen LogP contribution >= 0.6 is 0 Å². The van der Waals surface area contributed by atoms with Crippen molar-refractivity contribution >= 4 is 11.0 Å². The Morgan fingerprint density at radius 2 is 2.05 bits per heavy atom. The molecule has 4 heteroatoms. The first-order chi connectivity index (χ1) is 9.41. The molecule has 0 saturated carbocycles. The first-order valence-corrected chi connectivity index (χ1v) is 6.74. The van der Waals surface area contributed by atoms with Crippen LogP contribution in [0.1, 0.15) is 31.4 Å². The predicted octanol–water partition coefficient (Wildman–Crippen LogP) is 3.21. The zero-order valence-corrected chi connectivity index (χ0v) is 12.2. The third kappa shape index (κ3) is 1.96. The molecule has 0 atom stereocenters. The zero-order chi connectivity index (χ0) is 14.5. The molecule has 1 aliphatic rings. The van der Waals surface area contributed by atoms with Crippen LogP contribution in [0.5, 0.6) is 11.5 Å². The van der Waals surface area contributed by atoms with E-state index >= 15 is 0 Å². The molecule has 0 aliphatic carbocycles. The average Bonchev–Trinajstić information content (AvgIpc) is 2.35. The predicted molar refractivity (Wildman–Crippen MR) is 76.8 cm³/mol. The van der Waals surface area contributed by atoms with Gasteiger partial charge in [-0.3, -0.25) is 0 Å². The van der Waals surface area contributed by atoms with E-state index < -0.39 is 0 Å². The Morgan fingerprint density at radius 1 is 1.30 bits per heavy atom. The Hall–Kier alpha value is -1.97.